The molecule has 0 aliphatic carbocycles. The van der Waals surface area contributed by atoms with Crippen LogP contribution in [-0.4, -0.2) is 14.2 Å². The molecule has 3 rings (SSSR count). The molecule has 134 valence electrons. The molecule has 0 aliphatic rings. The number of methoxy groups -OCH3 is 2. The monoisotopic (exact) mass is 350 g/mol. The Labute approximate surface area is 153 Å². The summed E-state index contributed by atoms with van der Waals surface area (Å²) >= 11 is 0. The van der Waals surface area contributed by atoms with Gasteiger partial charge in [0, 0.05) is 12.1 Å². The van der Waals surface area contributed by atoms with Gasteiger partial charge in [0.25, 0.3) is 0 Å². The summed E-state index contributed by atoms with van der Waals surface area (Å²) in [7, 11) is 3.29. The van der Waals surface area contributed by atoms with Crippen molar-refractivity contribution in [3.8, 4) is 23.0 Å². The van der Waals surface area contributed by atoms with Crippen LogP contribution in [0.5, 0.6) is 23.0 Å². The molecule has 3 aromatic rings. The molecule has 0 spiro atoms. The van der Waals surface area contributed by atoms with Crippen molar-refractivity contribution in [3.05, 3.63) is 83.9 Å². The molecule has 0 fully saturated rings. The van der Waals surface area contributed by atoms with E-state index in [0.717, 1.165) is 34.1 Å². The van der Waals surface area contributed by atoms with E-state index in [9.17, 15) is 0 Å². The van der Waals surface area contributed by atoms with Gasteiger partial charge in [0.2, 0.25) is 0 Å². The number of hydrogen-bond donors (Lipinski definition) is 0. The number of benzene rings is 3. The Bertz CT molecular complexity index is 757. The molecule has 26 heavy (non-hydrogen) atoms. The molecule has 0 saturated carbocycles. The largest absolute Gasteiger partial charge is 0.497 e. The van der Waals surface area contributed by atoms with Crippen LogP contribution in [0.2, 0.25) is 0 Å². The third-order valence-electron chi connectivity index (χ3n) is 3.92. The Hall–Kier alpha value is -3.14. The van der Waals surface area contributed by atoms with Gasteiger partial charge in [-0.05, 0) is 35.4 Å². The van der Waals surface area contributed by atoms with E-state index in [1.54, 1.807) is 14.2 Å². The van der Waals surface area contributed by atoms with Gasteiger partial charge >= 0.3 is 0 Å². The number of rotatable bonds is 8. The molecule has 0 heterocycles. The first-order valence-electron chi connectivity index (χ1n) is 8.38. The lowest BCUT2D eigenvalue weighted by molar-refractivity contribution is 0.300. The maximum atomic E-state index is 5.80. The lowest BCUT2D eigenvalue weighted by Crippen LogP contribution is -1.98. The van der Waals surface area contributed by atoms with Crippen LogP contribution in [-0.2, 0) is 13.2 Å². The van der Waals surface area contributed by atoms with Gasteiger partial charge < -0.3 is 18.9 Å². The minimum absolute atomic E-state index is 0.504. The fraction of sp³-hybridized carbons (Fsp3) is 0.182. The van der Waals surface area contributed by atoms with Crippen molar-refractivity contribution in [2.75, 3.05) is 14.2 Å². The third kappa shape index (κ3) is 4.93. The summed E-state index contributed by atoms with van der Waals surface area (Å²) in [5.41, 5.74) is 2.19. The first-order valence-corrected chi connectivity index (χ1v) is 8.38. The van der Waals surface area contributed by atoms with Gasteiger partial charge in [-0.3, -0.25) is 0 Å². The van der Waals surface area contributed by atoms with Crippen LogP contribution in [0.15, 0.2) is 72.8 Å². The van der Waals surface area contributed by atoms with E-state index >= 15 is 0 Å². The second kappa shape index (κ2) is 8.81. The Morgan fingerprint density at radius 2 is 0.923 bits per heavy atom. The lowest BCUT2D eigenvalue weighted by atomic mass is 10.1. The SMILES string of the molecule is COc1cccc(OCc2ccc(COc3cccc(OC)c3)cc2)c1. The number of ether oxygens (including phenoxy) is 4. The van der Waals surface area contributed by atoms with Crippen LogP contribution in [0.3, 0.4) is 0 Å². The highest BCUT2D eigenvalue weighted by atomic mass is 16.5. The zero-order chi connectivity index (χ0) is 18.2. The van der Waals surface area contributed by atoms with E-state index in [-0.39, 0.29) is 0 Å². The fourth-order valence-corrected chi connectivity index (χ4v) is 2.45. The van der Waals surface area contributed by atoms with Crippen molar-refractivity contribution in [3.63, 3.8) is 0 Å². The van der Waals surface area contributed by atoms with E-state index in [1.165, 1.54) is 0 Å². The summed E-state index contributed by atoms with van der Waals surface area (Å²) in [5.74, 6) is 3.14. The average molecular weight is 350 g/mol. The molecule has 0 N–H and O–H groups in total. The Kier molecular flexibility index (Phi) is 5.99. The van der Waals surface area contributed by atoms with E-state index in [2.05, 4.69) is 0 Å². The van der Waals surface area contributed by atoms with Gasteiger partial charge in [-0.15, -0.1) is 0 Å². The third-order valence-corrected chi connectivity index (χ3v) is 3.92. The van der Waals surface area contributed by atoms with E-state index in [0.29, 0.717) is 13.2 Å². The summed E-state index contributed by atoms with van der Waals surface area (Å²) < 4.78 is 22.0. The normalized spacial score (nSPS) is 10.2. The minimum Gasteiger partial charge on any atom is -0.497 e. The molecule has 0 unspecified atom stereocenters. The van der Waals surface area contributed by atoms with Crippen molar-refractivity contribution < 1.29 is 18.9 Å². The van der Waals surface area contributed by atoms with Gasteiger partial charge in [-0.25, -0.2) is 0 Å². The summed E-state index contributed by atoms with van der Waals surface area (Å²) in [6.07, 6.45) is 0. The maximum Gasteiger partial charge on any atom is 0.123 e. The van der Waals surface area contributed by atoms with Crippen LogP contribution in [0, 0.1) is 0 Å². The lowest BCUT2D eigenvalue weighted by Gasteiger charge is -2.10. The molecule has 4 nitrogen and oxygen atoms in total. The smallest absolute Gasteiger partial charge is 0.123 e. The molecular weight excluding hydrogens is 328 g/mol. The molecule has 0 aliphatic heterocycles. The summed E-state index contributed by atoms with van der Waals surface area (Å²) in [4.78, 5) is 0. The molecule has 0 saturated heterocycles. The Balaban J connectivity index is 1.52. The molecule has 3 aromatic carbocycles. The highest BCUT2D eigenvalue weighted by molar-refractivity contribution is 5.34. The second-order valence-electron chi connectivity index (χ2n) is 5.75. The van der Waals surface area contributed by atoms with Crippen LogP contribution in [0.1, 0.15) is 11.1 Å². The first kappa shape index (κ1) is 17.7. The summed E-state index contributed by atoms with van der Waals surface area (Å²) in [6, 6.07) is 23.4. The average Bonchev–Trinajstić information content (AvgIpc) is 2.72. The van der Waals surface area contributed by atoms with Gasteiger partial charge in [0.1, 0.15) is 36.2 Å². The standard InChI is InChI=1S/C22H22O4/c1-23-19-5-3-7-21(13-19)25-15-17-9-11-18(12-10-17)16-26-22-8-4-6-20(14-22)24-2/h3-14H,15-16H2,1-2H3. The molecule has 4 heteroatoms. The molecule has 0 amide bonds. The summed E-state index contributed by atoms with van der Waals surface area (Å²) in [6.45, 7) is 1.01. The molecule has 0 bridgehead atoms. The topological polar surface area (TPSA) is 36.9 Å². The van der Waals surface area contributed by atoms with Crippen molar-refractivity contribution >= 4 is 0 Å². The molecule has 0 radical (unpaired) electrons. The highest BCUT2D eigenvalue weighted by Crippen LogP contribution is 2.21. The molecule has 0 atom stereocenters. The second-order valence-corrected chi connectivity index (χ2v) is 5.75. The van der Waals surface area contributed by atoms with Gasteiger partial charge in [0.15, 0.2) is 0 Å². The van der Waals surface area contributed by atoms with Crippen LogP contribution >= 0.6 is 0 Å². The Morgan fingerprint density at radius 1 is 0.538 bits per heavy atom. The zero-order valence-electron chi connectivity index (χ0n) is 15.0. The van der Waals surface area contributed by atoms with Crippen molar-refractivity contribution in [2.24, 2.45) is 0 Å². The first-order chi connectivity index (χ1) is 12.8. The van der Waals surface area contributed by atoms with Gasteiger partial charge in [-0.1, -0.05) is 36.4 Å². The van der Waals surface area contributed by atoms with Crippen LogP contribution in [0.4, 0.5) is 0 Å². The Morgan fingerprint density at radius 3 is 1.31 bits per heavy atom. The van der Waals surface area contributed by atoms with Crippen LogP contribution < -0.4 is 18.9 Å². The maximum absolute atomic E-state index is 5.80. The highest BCUT2D eigenvalue weighted by Gasteiger charge is 2.01. The number of hydrogen-bond acceptors (Lipinski definition) is 4. The van der Waals surface area contributed by atoms with E-state index in [1.807, 2.05) is 72.8 Å². The minimum atomic E-state index is 0.504. The van der Waals surface area contributed by atoms with Crippen molar-refractivity contribution in [1.29, 1.82) is 0 Å². The van der Waals surface area contributed by atoms with E-state index in [4.69, 9.17) is 18.9 Å². The van der Waals surface area contributed by atoms with Gasteiger partial charge in [-0.2, -0.15) is 0 Å². The fourth-order valence-electron chi connectivity index (χ4n) is 2.45. The predicted octanol–water partition coefficient (Wildman–Crippen LogP) is 4.86. The van der Waals surface area contributed by atoms with Crippen molar-refractivity contribution in [2.45, 2.75) is 13.2 Å². The van der Waals surface area contributed by atoms with Crippen molar-refractivity contribution in [1.82, 2.24) is 0 Å². The molecule has 0 aromatic heterocycles. The summed E-state index contributed by atoms with van der Waals surface area (Å²) in [5, 5.41) is 0. The van der Waals surface area contributed by atoms with Crippen LogP contribution in [0.25, 0.3) is 0 Å². The predicted molar refractivity (Wildman–Crippen MR) is 101 cm³/mol. The van der Waals surface area contributed by atoms with E-state index < -0.39 is 0 Å². The quantitative estimate of drug-likeness (QED) is 0.581. The zero-order valence-corrected chi connectivity index (χ0v) is 15.0. The van der Waals surface area contributed by atoms with Gasteiger partial charge in [0.05, 0.1) is 14.2 Å². The molecular formula is C22H22O4.